The Hall–Kier alpha value is -2.06. The van der Waals surface area contributed by atoms with Gasteiger partial charge >= 0.3 is 0 Å². The standard InChI is InChI=1S/C18H18Br2N2O4/c1-11-4-3-5-14(6-11)25-9-16(23)21-22-17(24)10-26-18-12(2)7-13(19)8-15(18)20/h3-8H,9-10H2,1-2H3,(H,21,23)(H,22,24). The van der Waals surface area contributed by atoms with Crippen LogP contribution in [0.4, 0.5) is 0 Å². The first-order chi connectivity index (χ1) is 12.3. The molecule has 138 valence electrons. The van der Waals surface area contributed by atoms with E-state index in [-0.39, 0.29) is 13.2 Å². The molecule has 0 radical (unpaired) electrons. The van der Waals surface area contributed by atoms with Crippen LogP contribution in [0.2, 0.25) is 0 Å². The second-order valence-electron chi connectivity index (χ2n) is 5.52. The second kappa shape index (κ2) is 9.59. The van der Waals surface area contributed by atoms with Crippen molar-refractivity contribution in [3.63, 3.8) is 0 Å². The highest BCUT2D eigenvalue weighted by molar-refractivity contribution is 9.11. The first-order valence-corrected chi connectivity index (χ1v) is 9.29. The number of carbonyl (C=O) groups is 2. The molecule has 0 spiro atoms. The van der Waals surface area contributed by atoms with Crippen molar-refractivity contribution in [2.75, 3.05) is 13.2 Å². The van der Waals surface area contributed by atoms with Crippen LogP contribution in [-0.2, 0) is 9.59 Å². The van der Waals surface area contributed by atoms with E-state index in [1.54, 1.807) is 6.07 Å². The normalized spacial score (nSPS) is 10.2. The van der Waals surface area contributed by atoms with Crippen molar-refractivity contribution in [2.45, 2.75) is 13.8 Å². The van der Waals surface area contributed by atoms with Gasteiger partial charge in [0.1, 0.15) is 11.5 Å². The summed E-state index contributed by atoms with van der Waals surface area (Å²) >= 11 is 6.76. The third-order valence-corrected chi connectivity index (χ3v) is 4.29. The first-order valence-electron chi connectivity index (χ1n) is 7.70. The lowest BCUT2D eigenvalue weighted by atomic mass is 10.2. The summed E-state index contributed by atoms with van der Waals surface area (Å²) in [6.07, 6.45) is 0. The number of aryl methyl sites for hydroxylation is 2. The smallest absolute Gasteiger partial charge is 0.276 e. The Kier molecular flexibility index (Phi) is 7.47. The van der Waals surface area contributed by atoms with E-state index < -0.39 is 11.8 Å². The van der Waals surface area contributed by atoms with Gasteiger partial charge in [0.05, 0.1) is 4.47 Å². The monoisotopic (exact) mass is 484 g/mol. The van der Waals surface area contributed by atoms with Gasteiger partial charge in [-0.05, 0) is 65.2 Å². The molecule has 0 saturated carbocycles. The molecule has 0 unspecified atom stereocenters. The van der Waals surface area contributed by atoms with E-state index in [4.69, 9.17) is 9.47 Å². The zero-order chi connectivity index (χ0) is 19.1. The molecule has 2 amide bonds. The van der Waals surface area contributed by atoms with Crippen LogP contribution in [-0.4, -0.2) is 25.0 Å². The number of hydrogen-bond acceptors (Lipinski definition) is 4. The molecule has 26 heavy (non-hydrogen) atoms. The molecule has 0 atom stereocenters. The third-order valence-electron chi connectivity index (χ3n) is 3.24. The summed E-state index contributed by atoms with van der Waals surface area (Å²) in [6.45, 7) is 3.36. The number of benzene rings is 2. The fraction of sp³-hybridized carbons (Fsp3) is 0.222. The van der Waals surface area contributed by atoms with Crippen LogP contribution in [0.15, 0.2) is 45.3 Å². The number of rotatable bonds is 6. The molecule has 0 fully saturated rings. The Bertz CT molecular complexity index is 789. The number of hydrogen-bond donors (Lipinski definition) is 2. The van der Waals surface area contributed by atoms with Crippen molar-refractivity contribution in [2.24, 2.45) is 0 Å². The molecule has 2 rings (SSSR count). The molecule has 2 aromatic carbocycles. The van der Waals surface area contributed by atoms with E-state index >= 15 is 0 Å². The Labute approximate surface area is 168 Å². The summed E-state index contributed by atoms with van der Waals surface area (Å²) in [5, 5.41) is 0. The number of halogens is 2. The lowest BCUT2D eigenvalue weighted by Gasteiger charge is -2.12. The summed E-state index contributed by atoms with van der Waals surface area (Å²) < 4.78 is 12.5. The highest BCUT2D eigenvalue weighted by Crippen LogP contribution is 2.32. The molecule has 0 aliphatic rings. The van der Waals surface area contributed by atoms with Crippen LogP contribution >= 0.6 is 31.9 Å². The van der Waals surface area contributed by atoms with Crippen molar-refractivity contribution < 1.29 is 19.1 Å². The molecule has 0 heterocycles. The van der Waals surface area contributed by atoms with Gasteiger partial charge in [0.25, 0.3) is 11.8 Å². The summed E-state index contributed by atoms with van der Waals surface area (Å²) in [5.41, 5.74) is 6.46. The van der Waals surface area contributed by atoms with E-state index in [0.717, 1.165) is 20.1 Å². The topological polar surface area (TPSA) is 76.7 Å². The van der Waals surface area contributed by atoms with Crippen LogP contribution in [0.5, 0.6) is 11.5 Å². The number of nitrogens with one attached hydrogen (secondary N) is 2. The molecule has 8 heteroatoms. The van der Waals surface area contributed by atoms with Gasteiger partial charge in [0.15, 0.2) is 13.2 Å². The molecule has 0 aromatic heterocycles. The minimum absolute atomic E-state index is 0.206. The SMILES string of the molecule is Cc1cccc(OCC(=O)NNC(=O)COc2c(C)cc(Br)cc2Br)c1. The summed E-state index contributed by atoms with van der Waals surface area (Å²) in [4.78, 5) is 23.5. The number of amides is 2. The molecular formula is C18H18Br2N2O4. The van der Waals surface area contributed by atoms with Gasteiger partial charge < -0.3 is 9.47 Å². The second-order valence-corrected chi connectivity index (χ2v) is 7.29. The number of carbonyl (C=O) groups excluding carboxylic acids is 2. The number of ether oxygens (including phenoxy) is 2. The van der Waals surface area contributed by atoms with E-state index in [2.05, 4.69) is 42.7 Å². The maximum Gasteiger partial charge on any atom is 0.276 e. The molecule has 6 nitrogen and oxygen atoms in total. The quantitative estimate of drug-likeness (QED) is 0.614. The molecule has 0 bridgehead atoms. The maximum absolute atomic E-state index is 11.8. The lowest BCUT2D eigenvalue weighted by Crippen LogP contribution is -2.45. The summed E-state index contributed by atoms with van der Waals surface area (Å²) in [5.74, 6) is 0.201. The van der Waals surface area contributed by atoms with E-state index in [1.807, 2.05) is 44.2 Å². The first kappa shape index (κ1) is 20.3. The van der Waals surface area contributed by atoms with Gasteiger partial charge in [-0.25, -0.2) is 0 Å². The van der Waals surface area contributed by atoms with Crippen molar-refractivity contribution in [3.8, 4) is 11.5 Å². The van der Waals surface area contributed by atoms with Gasteiger partial charge in [-0.1, -0.05) is 28.1 Å². The fourth-order valence-electron chi connectivity index (χ4n) is 2.08. The van der Waals surface area contributed by atoms with Crippen molar-refractivity contribution >= 4 is 43.7 Å². The van der Waals surface area contributed by atoms with Crippen LogP contribution < -0.4 is 20.3 Å². The average Bonchev–Trinajstić information content (AvgIpc) is 2.57. The molecule has 0 aliphatic carbocycles. The summed E-state index contributed by atoms with van der Waals surface area (Å²) in [6, 6.07) is 11.0. The zero-order valence-corrected chi connectivity index (χ0v) is 17.4. The Balaban J connectivity index is 1.74. The van der Waals surface area contributed by atoms with Gasteiger partial charge in [0.2, 0.25) is 0 Å². The third kappa shape index (κ3) is 6.34. The van der Waals surface area contributed by atoms with E-state index in [1.165, 1.54) is 0 Å². The number of hydrazine groups is 1. The fourth-order valence-corrected chi connectivity index (χ4v) is 3.63. The van der Waals surface area contributed by atoms with Gasteiger partial charge in [0, 0.05) is 4.47 Å². The van der Waals surface area contributed by atoms with E-state index in [0.29, 0.717) is 11.5 Å². The lowest BCUT2D eigenvalue weighted by molar-refractivity contribution is -0.131. The van der Waals surface area contributed by atoms with Crippen molar-refractivity contribution in [1.82, 2.24) is 10.9 Å². The predicted octanol–water partition coefficient (Wildman–Crippen LogP) is 3.43. The van der Waals surface area contributed by atoms with Crippen molar-refractivity contribution in [3.05, 3.63) is 56.5 Å². The molecular weight excluding hydrogens is 468 g/mol. The highest BCUT2D eigenvalue weighted by Gasteiger charge is 2.10. The zero-order valence-electron chi connectivity index (χ0n) is 14.3. The van der Waals surface area contributed by atoms with Crippen LogP contribution in [0.1, 0.15) is 11.1 Å². The summed E-state index contributed by atoms with van der Waals surface area (Å²) in [7, 11) is 0. The Morgan fingerprint density at radius 1 is 0.962 bits per heavy atom. The predicted molar refractivity (Wildman–Crippen MR) is 105 cm³/mol. The van der Waals surface area contributed by atoms with Crippen LogP contribution in [0.3, 0.4) is 0 Å². The Morgan fingerprint density at radius 3 is 2.23 bits per heavy atom. The minimum atomic E-state index is -0.483. The average molecular weight is 486 g/mol. The van der Waals surface area contributed by atoms with E-state index in [9.17, 15) is 9.59 Å². The van der Waals surface area contributed by atoms with Crippen LogP contribution in [0.25, 0.3) is 0 Å². The van der Waals surface area contributed by atoms with Crippen molar-refractivity contribution in [1.29, 1.82) is 0 Å². The molecule has 2 aromatic rings. The van der Waals surface area contributed by atoms with Gasteiger partial charge in [-0.2, -0.15) is 0 Å². The molecule has 2 N–H and O–H groups in total. The highest BCUT2D eigenvalue weighted by atomic mass is 79.9. The Morgan fingerprint density at radius 2 is 1.62 bits per heavy atom. The molecule has 0 saturated heterocycles. The maximum atomic E-state index is 11.8. The van der Waals surface area contributed by atoms with Crippen LogP contribution in [0, 0.1) is 13.8 Å². The molecule has 0 aliphatic heterocycles. The minimum Gasteiger partial charge on any atom is -0.484 e. The van der Waals surface area contributed by atoms with Gasteiger partial charge in [-0.15, -0.1) is 0 Å². The van der Waals surface area contributed by atoms with Gasteiger partial charge in [-0.3, -0.25) is 20.4 Å². The largest absolute Gasteiger partial charge is 0.484 e.